The summed E-state index contributed by atoms with van der Waals surface area (Å²) in [6.45, 7) is 30.4. The summed E-state index contributed by atoms with van der Waals surface area (Å²) in [5, 5.41) is 0.278. The third kappa shape index (κ3) is 8.74. The first-order chi connectivity index (χ1) is 19.4. The Hall–Kier alpha value is -2.15. The quantitative estimate of drug-likeness (QED) is 0.242. The Balaban J connectivity index is 0.000000304. The summed E-state index contributed by atoms with van der Waals surface area (Å²) in [7, 11) is -0.534. The molecule has 0 aromatic carbocycles. The molecule has 1 fully saturated rings. The molecule has 1 aliphatic carbocycles. The topological polar surface area (TPSA) is 62.7 Å². The number of nitrogens with zero attached hydrogens (tertiary/aromatic N) is 2. The molecule has 0 radical (unpaired) electrons. The van der Waals surface area contributed by atoms with Gasteiger partial charge in [0.1, 0.15) is 0 Å². The van der Waals surface area contributed by atoms with Gasteiger partial charge in [0.05, 0.1) is 32.8 Å². The van der Waals surface area contributed by atoms with Gasteiger partial charge >= 0.3 is 0 Å². The van der Waals surface area contributed by atoms with Crippen LogP contribution in [-0.4, -0.2) is 46.7 Å². The van der Waals surface area contributed by atoms with Gasteiger partial charge < -0.3 is 18.3 Å². The van der Waals surface area contributed by atoms with E-state index in [0.717, 1.165) is 22.3 Å². The Bertz CT molecular complexity index is 1290. The van der Waals surface area contributed by atoms with Gasteiger partial charge in [0, 0.05) is 29.9 Å². The Labute approximate surface area is 260 Å². The summed E-state index contributed by atoms with van der Waals surface area (Å²) >= 11 is 0. The van der Waals surface area contributed by atoms with Crippen LogP contribution in [0.1, 0.15) is 84.1 Å². The minimum absolute atomic E-state index is 0.0841. The van der Waals surface area contributed by atoms with Gasteiger partial charge in [0.25, 0.3) is 5.92 Å². The van der Waals surface area contributed by atoms with Gasteiger partial charge in [-0.15, -0.1) is 0 Å². The number of alkyl halides is 2. The van der Waals surface area contributed by atoms with Crippen molar-refractivity contribution in [3.05, 3.63) is 53.4 Å². The molecular weight excluding hydrogens is 583 g/mol. The van der Waals surface area contributed by atoms with Crippen LogP contribution in [-0.2, 0) is 27.5 Å². The zero-order valence-corrected chi connectivity index (χ0v) is 30.9. The van der Waals surface area contributed by atoms with Crippen LogP contribution in [0.25, 0.3) is 5.57 Å². The number of hydrogen-bond acceptors (Lipinski definition) is 6. The SMILES string of the molecule is C=C(C)c1cnc(OC)c(CO[Si](C)(C)C(C)(C)C)c1.COc1ncc(C2(C)CC2(F)F)cc1CO[Si](C)(C)C(C)(C)C. The first-order valence-corrected chi connectivity index (χ1v) is 20.6. The lowest BCUT2D eigenvalue weighted by Gasteiger charge is -2.36. The van der Waals surface area contributed by atoms with Gasteiger partial charge in [-0.2, -0.15) is 0 Å². The highest BCUT2D eigenvalue weighted by molar-refractivity contribution is 6.74. The van der Waals surface area contributed by atoms with E-state index in [9.17, 15) is 8.78 Å². The fraction of sp³-hybridized carbons (Fsp3) is 0.636. The molecule has 43 heavy (non-hydrogen) atoms. The van der Waals surface area contributed by atoms with Crippen molar-refractivity contribution in [2.24, 2.45) is 0 Å². The third-order valence-electron chi connectivity index (χ3n) is 9.41. The van der Waals surface area contributed by atoms with Crippen molar-refractivity contribution in [2.75, 3.05) is 14.2 Å². The summed E-state index contributed by atoms with van der Waals surface area (Å²) in [4.78, 5) is 8.55. The average molecular weight is 637 g/mol. The van der Waals surface area contributed by atoms with Crippen LogP contribution < -0.4 is 9.47 Å². The van der Waals surface area contributed by atoms with Crippen LogP contribution in [0.2, 0.25) is 36.3 Å². The molecule has 1 saturated carbocycles. The number of hydrogen-bond donors (Lipinski definition) is 0. The smallest absolute Gasteiger partial charge is 0.258 e. The van der Waals surface area contributed by atoms with Crippen molar-refractivity contribution in [1.82, 2.24) is 9.97 Å². The van der Waals surface area contributed by atoms with Crippen molar-refractivity contribution in [1.29, 1.82) is 0 Å². The fourth-order valence-corrected chi connectivity index (χ4v) is 5.67. The van der Waals surface area contributed by atoms with Gasteiger partial charge in [0.15, 0.2) is 16.6 Å². The Kier molecular flexibility index (Phi) is 11.3. The normalized spacial score (nSPS) is 18.4. The average Bonchev–Trinajstić information content (AvgIpc) is 3.42. The number of rotatable bonds is 10. The van der Waals surface area contributed by atoms with Crippen molar-refractivity contribution < 1.29 is 27.1 Å². The van der Waals surface area contributed by atoms with E-state index < -0.39 is 28.0 Å². The molecule has 6 nitrogen and oxygen atoms in total. The molecular formula is C33H54F2N2O4Si2. The molecule has 0 aliphatic heterocycles. The highest BCUT2D eigenvalue weighted by Gasteiger charge is 2.68. The molecule has 0 N–H and O–H groups in total. The fourth-order valence-electron chi connectivity index (χ4n) is 3.77. The molecule has 1 unspecified atom stereocenters. The number of pyridine rings is 2. The monoisotopic (exact) mass is 636 g/mol. The van der Waals surface area contributed by atoms with Crippen molar-refractivity contribution in [2.45, 2.75) is 123 Å². The summed E-state index contributed by atoms with van der Waals surface area (Å²) in [5.74, 6) is -1.57. The maximum absolute atomic E-state index is 13.6. The van der Waals surface area contributed by atoms with E-state index in [2.05, 4.69) is 90.3 Å². The summed E-state index contributed by atoms with van der Waals surface area (Å²) in [5.41, 5.74) is 3.18. The molecule has 0 spiro atoms. The van der Waals surface area contributed by atoms with Crippen LogP contribution >= 0.6 is 0 Å². The molecule has 1 aliphatic rings. The van der Waals surface area contributed by atoms with Gasteiger partial charge in [-0.3, -0.25) is 0 Å². The van der Waals surface area contributed by atoms with Crippen LogP contribution in [0.15, 0.2) is 31.1 Å². The first-order valence-electron chi connectivity index (χ1n) is 14.8. The minimum atomic E-state index is -2.65. The minimum Gasteiger partial charge on any atom is -0.481 e. The molecule has 1 atom stereocenters. The lowest BCUT2D eigenvalue weighted by atomic mass is 9.98. The second kappa shape index (κ2) is 13.1. The van der Waals surface area contributed by atoms with E-state index in [1.54, 1.807) is 26.3 Å². The van der Waals surface area contributed by atoms with E-state index in [4.69, 9.17) is 18.3 Å². The van der Waals surface area contributed by atoms with Gasteiger partial charge in [0.2, 0.25) is 11.8 Å². The zero-order valence-electron chi connectivity index (χ0n) is 28.9. The Morgan fingerprint density at radius 1 is 0.837 bits per heavy atom. The molecule has 0 bridgehead atoms. The Morgan fingerprint density at radius 2 is 1.23 bits per heavy atom. The van der Waals surface area contributed by atoms with Gasteiger partial charge in [-0.1, -0.05) is 48.1 Å². The molecule has 10 heteroatoms. The number of methoxy groups -OCH3 is 2. The first kappa shape index (κ1) is 37.0. The zero-order chi connectivity index (χ0) is 33.2. The highest BCUT2D eigenvalue weighted by atomic mass is 28.4. The van der Waals surface area contributed by atoms with Crippen LogP contribution in [0.3, 0.4) is 0 Å². The van der Waals surface area contributed by atoms with E-state index in [-0.39, 0.29) is 16.5 Å². The number of aromatic nitrogens is 2. The summed E-state index contributed by atoms with van der Waals surface area (Å²) in [6, 6.07) is 3.82. The molecule has 0 saturated heterocycles. The van der Waals surface area contributed by atoms with Gasteiger partial charge in [-0.25, -0.2) is 18.7 Å². The molecule has 3 rings (SSSR count). The summed E-state index contributed by atoms with van der Waals surface area (Å²) in [6.07, 6.45) is 3.16. The number of ether oxygens (including phenoxy) is 2. The van der Waals surface area contributed by atoms with Crippen molar-refractivity contribution >= 4 is 22.2 Å². The third-order valence-corrected chi connectivity index (χ3v) is 18.4. The van der Waals surface area contributed by atoms with Crippen LogP contribution in [0.4, 0.5) is 8.78 Å². The van der Waals surface area contributed by atoms with Gasteiger partial charge in [-0.05, 0) is 78.9 Å². The lowest BCUT2D eigenvalue weighted by molar-refractivity contribution is 0.0918. The molecule has 242 valence electrons. The molecule has 2 aromatic rings. The second-order valence-corrected chi connectivity index (χ2v) is 24.5. The van der Waals surface area contributed by atoms with Crippen LogP contribution in [0.5, 0.6) is 11.8 Å². The largest absolute Gasteiger partial charge is 0.481 e. The van der Waals surface area contributed by atoms with E-state index >= 15 is 0 Å². The highest BCUT2D eigenvalue weighted by Crippen LogP contribution is 2.61. The van der Waals surface area contributed by atoms with Crippen molar-refractivity contribution in [3.8, 4) is 11.8 Å². The van der Waals surface area contributed by atoms with E-state index in [1.165, 1.54) is 13.3 Å². The lowest BCUT2D eigenvalue weighted by Crippen LogP contribution is -2.40. The maximum Gasteiger partial charge on any atom is 0.258 e. The van der Waals surface area contributed by atoms with E-state index in [0.29, 0.717) is 30.5 Å². The summed E-state index contributed by atoms with van der Waals surface area (Å²) < 4.78 is 50.3. The number of allylic oxidation sites excluding steroid dienone is 1. The van der Waals surface area contributed by atoms with Crippen LogP contribution in [0, 0.1) is 0 Å². The Morgan fingerprint density at radius 3 is 1.58 bits per heavy atom. The van der Waals surface area contributed by atoms with E-state index in [1.807, 2.05) is 6.92 Å². The predicted octanol–water partition coefficient (Wildman–Crippen LogP) is 9.55. The predicted molar refractivity (Wildman–Crippen MR) is 177 cm³/mol. The van der Waals surface area contributed by atoms with Crippen molar-refractivity contribution in [3.63, 3.8) is 0 Å². The number of halogens is 2. The molecule has 2 heterocycles. The molecule has 2 aromatic heterocycles. The standard InChI is InChI=1S/C17H27F2NO2Si.C16H27NO2Si/c1-15(2,3)23(6,7)22-10-12-8-13(9-20-14(12)21-5)16(4)11-17(16,18)19;1-12(2)13-9-14(15(18-6)17-10-13)11-19-20(7,8)16(3,4)5/h8-9H,10-11H2,1-7H3;9-10H,1,11H2,2-8H3. The molecule has 0 amide bonds. The maximum atomic E-state index is 13.6. The second-order valence-electron chi connectivity index (χ2n) is 14.9.